The van der Waals surface area contributed by atoms with Gasteiger partial charge in [0.05, 0.1) is 16.7 Å². The van der Waals surface area contributed by atoms with Crippen molar-refractivity contribution >= 4 is 29.0 Å². The normalized spacial score (nSPS) is 17.4. The number of nitrogens with zero attached hydrogens (tertiary/aromatic N) is 2. The third kappa shape index (κ3) is 6.23. The number of anilines is 1. The number of hydrogen-bond acceptors (Lipinski definition) is 5. The van der Waals surface area contributed by atoms with Crippen molar-refractivity contribution in [1.29, 1.82) is 0 Å². The smallest absolute Gasteiger partial charge is 0.269 e. The van der Waals surface area contributed by atoms with E-state index in [9.17, 15) is 14.9 Å². The minimum atomic E-state index is -0.411. The average Bonchev–Trinajstić information content (AvgIpc) is 2.74. The fourth-order valence-corrected chi connectivity index (χ4v) is 4.54. The lowest BCUT2D eigenvalue weighted by Crippen LogP contribution is -2.34. The lowest BCUT2D eigenvalue weighted by Gasteiger charge is -2.33. The Labute approximate surface area is 182 Å². The second-order valence-electron chi connectivity index (χ2n) is 7.99. The highest BCUT2D eigenvalue weighted by molar-refractivity contribution is 7.99. The molecule has 0 aliphatic carbocycles. The molecule has 1 fully saturated rings. The van der Waals surface area contributed by atoms with Crippen LogP contribution in [0.25, 0.3) is 0 Å². The highest BCUT2D eigenvalue weighted by Crippen LogP contribution is 2.25. The molecule has 160 valence electrons. The summed E-state index contributed by atoms with van der Waals surface area (Å²) in [5.41, 5.74) is 3.39. The summed E-state index contributed by atoms with van der Waals surface area (Å²) in [6.07, 6.45) is 2.55. The third-order valence-corrected chi connectivity index (χ3v) is 6.45. The van der Waals surface area contributed by atoms with Crippen molar-refractivity contribution in [3.8, 4) is 0 Å². The highest BCUT2D eigenvalue weighted by Gasteiger charge is 2.17. The van der Waals surface area contributed by atoms with E-state index in [1.807, 2.05) is 6.92 Å². The molecule has 1 aliphatic heterocycles. The summed E-state index contributed by atoms with van der Waals surface area (Å²) in [5.74, 6) is 1.72. The number of hydrogen-bond donors (Lipinski definition) is 1. The van der Waals surface area contributed by atoms with Gasteiger partial charge >= 0.3 is 0 Å². The van der Waals surface area contributed by atoms with Crippen molar-refractivity contribution in [1.82, 2.24) is 5.32 Å². The maximum atomic E-state index is 12.3. The standard InChI is InChI=1S/C23H29N3O3S/c1-17-4-3-13-25(14-17)21-11-7-20(8-12-21)18(2)24-23(27)16-30-15-19-5-9-22(10-6-19)26(28)29/h5-12,17-18H,3-4,13-16H2,1-2H3,(H,24,27)/t17-,18-/m1/s1. The Hall–Kier alpha value is -2.54. The predicted molar refractivity (Wildman–Crippen MR) is 123 cm³/mol. The molecule has 2 atom stereocenters. The summed E-state index contributed by atoms with van der Waals surface area (Å²) in [6.45, 7) is 6.52. The monoisotopic (exact) mass is 427 g/mol. The van der Waals surface area contributed by atoms with Crippen LogP contribution < -0.4 is 10.2 Å². The zero-order valence-corrected chi connectivity index (χ0v) is 18.4. The summed E-state index contributed by atoms with van der Waals surface area (Å²) < 4.78 is 0. The molecule has 0 spiro atoms. The largest absolute Gasteiger partial charge is 0.371 e. The SMILES string of the molecule is C[C@@H]1CCCN(c2ccc([C@@H](C)NC(=O)CSCc3ccc([N+](=O)[O-])cc3)cc2)C1. The van der Waals surface area contributed by atoms with E-state index in [0.717, 1.165) is 30.1 Å². The molecule has 1 saturated heterocycles. The van der Waals surface area contributed by atoms with Gasteiger partial charge in [0.2, 0.25) is 5.91 Å². The van der Waals surface area contributed by atoms with Crippen LogP contribution in [0.5, 0.6) is 0 Å². The van der Waals surface area contributed by atoms with Crippen LogP contribution in [-0.2, 0) is 10.5 Å². The first-order chi connectivity index (χ1) is 14.4. The van der Waals surface area contributed by atoms with E-state index in [0.29, 0.717) is 11.5 Å². The molecule has 7 heteroatoms. The fraction of sp³-hybridized carbons (Fsp3) is 0.435. The van der Waals surface area contributed by atoms with E-state index in [-0.39, 0.29) is 17.6 Å². The summed E-state index contributed by atoms with van der Waals surface area (Å²) >= 11 is 1.50. The summed E-state index contributed by atoms with van der Waals surface area (Å²) in [7, 11) is 0. The number of piperidine rings is 1. The van der Waals surface area contributed by atoms with Gasteiger partial charge in [0.25, 0.3) is 5.69 Å². The molecule has 1 heterocycles. The Kier molecular flexibility index (Phi) is 7.74. The molecular weight excluding hydrogens is 398 g/mol. The van der Waals surface area contributed by atoms with E-state index >= 15 is 0 Å². The van der Waals surface area contributed by atoms with Gasteiger partial charge < -0.3 is 10.2 Å². The first-order valence-electron chi connectivity index (χ1n) is 10.4. The van der Waals surface area contributed by atoms with Crippen molar-refractivity contribution in [2.24, 2.45) is 5.92 Å². The number of nitro benzene ring substituents is 1. The highest BCUT2D eigenvalue weighted by atomic mass is 32.2. The quantitative estimate of drug-likeness (QED) is 0.477. The number of carbonyl (C=O) groups excluding carboxylic acids is 1. The lowest BCUT2D eigenvalue weighted by molar-refractivity contribution is -0.384. The van der Waals surface area contributed by atoms with Crippen LogP contribution in [0, 0.1) is 16.0 Å². The summed E-state index contributed by atoms with van der Waals surface area (Å²) in [6, 6.07) is 14.9. The van der Waals surface area contributed by atoms with E-state index in [1.165, 1.54) is 42.4 Å². The molecular formula is C23H29N3O3S. The molecule has 1 N–H and O–H groups in total. The Morgan fingerprint density at radius 2 is 1.93 bits per heavy atom. The number of rotatable bonds is 8. The zero-order chi connectivity index (χ0) is 21.5. The molecule has 0 saturated carbocycles. The van der Waals surface area contributed by atoms with Gasteiger partial charge in [-0.15, -0.1) is 11.8 Å². The van der Waals surface area contributed by atoms with Crippen molar-refractivity contribution in [3.63, 3.8) is 0 Å². The third-order valence-electron chi connectivity index (χ3n) is 5.44. The van der Waals surface area contributed by atoms with E-state index in [4.69, 9.17) is 0 Å². The van der Waals surface area contributed by atoms with Crippen LogP contribution >= 0.6 is 11.8 Å². The number of benzene rings is 2. The maximum absolute atomic E-state index is 12.3. The Balaban J connectivity index is 1.44. The van der Waals surface area contributed by atoms with E-state index in [1.54, 1.807) is 12.1 Å². The molecule has 0 bridgehead atoms. The zero-order valence-electron chi connectivity index (χ0n) is 17.5. The van der Waals surface area contributed by atoms with Crippen molar-refractivity contribution < 1.29 is 9.72 Å². The first kappa shape index (κ1) is 22.2. The van der Waals surface area contributed by atoms with Crippen LogP contribution in [0.15, 0.2) is 48.5 Å². The van der Waals surface area contributed by atoms with Gasteiger partial charge in [-0.25, -0.2) is 0 Å². The van der Waals surface area contributed by atoms with E-state index < -0.39 is 4.92 Å². The first-order valence-corrected chi connectivity index (χ1v) is 11.5. The second kappa shape index (κ2) is 10.5. The minimum absolute atomic E-state index is 0.0108. The molecule has 3 rings (SSSR count). The van der Waals surface area contributed by atoms with E-state index in [2.05, 4.69) is 41.4 Å². The van der Waals surface area contributed by atoms with Gasteiger partial charge in [0.15, 0.2) is 0 Å². The molecule has 1 aliphatic rings. The predicted octanol–water partition coefficient (Wildman–Crippen LogP) is 4.94. The average molecular weight is 428 g/mol. The van der Waals surface area contributed by atoms with Crippen LogP contribution in [0.2, 0.25) is 0 Å². The molecule has 2 aromatic carbocycles. The molecule has 0 aromatic heterocycles. The van der Waals surface area contributed by atoms with Gasteiger partial charge in [-0.2, -0.15) is 0 Å². The Morgan fingerprint density at radius 1 is 1.23 bits per heavy atom. The van der Waals surface area contributed by atoms with Crippen molar-refractivity contribution in [2.45, 2.75) is 38.5 Å². The number of non-ortho nitro benzene ring substituents is 1. The van der Waals surface area contributed by atoms with Crippen LogP contribution in [-0.4, -0.2) is 29.7 Å². The number of nitro groups is 1. The van der Waals surface area contributed by atoms with Gasteiger partial charge in [-0.1, -0.05) is 31.2 Å². The molecule has 6 nitrogen and oxygen atoms in total. The number of thioether (sulfide) groups is 1. The van der Waals surface area contributed by atoms with Crippen LogP contribution in [0.4, 0.5) is 11.4 Å². The second-order valence-corrected chi connectivity index (χ2v) is 8.98. The minimum Gasteiger partial charge on any atom is -0.371 e. The van der Waals surface area contributed by atoms with Gasteiger partial charge in [-0.3, -0.25) is 14.9 Å². The Morgan fingerprint density at radius 3 is 2.57 bits per heavy atom. The molecule has 0 unspecified atom stereocenters. The molecule has 1 amide bonds. The van der Waals surface area contributed by atoms with Crippen molar-refractivity contribution in [2.75, 3.05) is 23.7 Å². The maximum Gasteiger partial charge on any atom is 0.269 e. The number of nitrogens with one attached hydrogen (secondary N) is 1. The summed E-state index contributed by atoms with van der Waals surface area (Å²) in [4.78, 5) is 25.0. The topological polar surface area (TPSA) is 75.5 Å². The molecule has 30 heavy (non-hydrogen) atoms. The molecule has 2 aromatic rings. The van der Waals surface area contributed by atoms with Gasteiger partial charge in [-0.05, 0) is 48.9 Å². The van der Waals surface area contributed by atoms with Gasteiger partial charge in [0, 0.05) is 36.7 Å². The van der Waals surface area contributed by atoms with Crippen LogP contribution in [0.3, 0.4) is 0 Å². The number of carbonyl (C=O) groups is 1. The molecule has 0 radical (unpaired) electrons. The lowest BCUT2D eigenvalue weighted by atomic mass is 9.99. The number of amides is 1. The van der Waals surface area contributed by atoms with Gasteiger partial charge in [0.1, 0.15) is 0 Å². The fourth-order valence-electron chi connectivity index (χ4n) is 3.74. The van der Waals surface area contributed by atoms with Crippen molar-refractivity contribution in [3.05, 3.63) is 69.8 Å². The Bertz CT molecular complexity index is 855. The van der Waals surface area contributed by atoms with Crippen LogP contribution in [0.1, 0.15) is 43.9 Å². The summed E-state index contributed by atoms with van der Waals surface area (Å²) in [5, 5.41) is 13.7.